The molecule has 0 amide bonds. The van der Waals surface area contributed by atoms with Gasteiger partial charge in [0.05, 0.1) is 5.69 Å². The maximum absolute atomic E-state index is 4.22. The molecule has 0 aliphatic rings. The van der Waals surface area contributed by atoms with Crippen LogP contribution in [-0.2, 0) is 0 Å². The van der Waals surface area contributed by atoms with Crippen molar-refractivity contribution >= 4 is 29.7 Å². The Morgan fingerprint density at radius 2 is 1.29 bits per heavy atom. The van der Waals surface area contributed by atoms with Crippen LogP contribution in [0.3, 0.4) is 0 Å². The van der Waals surface area contributed by atoms with E-state index in [2.05, 4.69) is 134 Å². The summed E-state index contributed by atoms with van der Waals surface area (Å²) in [7, 11) is -0.449. The summed E-state index contributed by atoms with van der Waals surface area (Å²) in [5, 5.41) is 2.82. The third kappa shape index (κ3) is 4.79. The van der Waals surface area contributed by atoms with Gasteiger partial charge in [0.2, 0.25) is 0 Å². The molecule has 0 fully saturated rings. The summed E-state index contributed by atoms with van der Waals surface area (Å²) in [5.74, 6) is 0. The lowest BCUT2D eigenvalue weighted by atomic mass is 9.97. The lowest BCUT2D eigenvalue weighted by molar-refractivity contribution is 1.06. The Balaban J connectivity index is 1.74. The first-order valence-corrected chi connectivity index (χ1v) is 12.1. The fraction of sp³-hybridized carbons (Fsp3) is 0.103. The van der Waals surface area contributed by atoms with Crippen molar-refractivity contribution in [3.05, 3.63) is 127 Å². The van der Waals surface area contributed by atoms with Crippen molar-refractivity contribution in [3.8, 4) is 5.69 Å². The quantitative estimate of drug-likeness (QED) is 0.282. The minimum atomic E-state index is -0.449. The Bertz CT molecular complexity index is 1130. The third-order valence-corrected chi connectivity index (χ3v) is 7.89. The summed E-state index contributed by atoms with van der Waals surface area (Å²) >= 11 is 0. The SMILES string of the molecule is C=C(C)c1cccc(/C(C)=C/CP(c2ccccc2)c2ccccc2)c1-n1cccc1. The van der Waals surface area contributed by atoms with Crippen LogP contribution in [0.1, 0.15) is 25.0 Å². The van der Waals surface area contributed by atoms with E-state index in [1.165, 1.54) is 33.0 Å². The standard InChI is InChI=1S/C29H28NP/c1-23(2)27-17-12-18-28(29(27)30-20-10-11-21-30)24(3)19-22-31(25-13-6-4-7-14-25)26-15-8-5-9-16-26/h4-21H,1,22H2,2-3H3/b24-19+. The number of nitrogens with zero attached hydrogens (tertiary/aromatic N) is 1. The predicted octanol–water partition coefficient (Wildman–Crippen LogP) is 7.05. The molecule has 0 aliphatic carbocycles. The predicted molar refractivity (Wildman–Crippen MR) is 138 cm³/mol. The molecule has 4 aromatic rings. The van der Waals surface area contributed by atoms with Crippen LogP contribution < -0.4 is 10.6 Å². The minimum Gasteiger partial charge on any atom is -0.323 e. The van der Waals surface area contributed by atoms with Crippen LogP contribution in [0.4, 0.5) is 0 Å². The first-order chi connectivity index (χ1) is 15.1. The lowest BCUT2D eigenvalue weighted by Gasteiger charge is -2.19. The molecule has 0 saturated carbocycles. The molecule has 4 rings (SSSR count). The molecule has 0 saturated heterocycles. The summed E-state index contributed by atoms with van der Waals surface area (Å²) in [5.41, 5.74) is 6.03. The van der Waals surface area contributed by atoms with E-state index in [4.69, 9.17) is 0 Å². The van der Waals surface area contributed by atoms with Crippen molar-refractivity contribution in [1.29, 1.82) is 0 Å². The van der Waals surface area contributed by atoms with Gasteiger partial charge in [0, 0.05) is 23.5 Å². The zero-order chi connectivity index (χ0) is 21.6. The van der Waals surface area contributed by atoms with Crippen LogP contribution in [0.25, 0.3) is 16.8 Å². The molecule has 0 N–H and O–H groups in total. The molecule has 0 atom stereocenters. The fourth-order valence-electron chi connectivity index (χ4n) is 3.88. The van der Waals surface area contributed by atoms with Gasteiger partial charge in [-0.25, -0.2) is 0 Å². The number of para-hydroxylation sites is 1. The molecule has 1 aromatic heterocycles. The Morgan fingerprint density at radius 3 is 1.84 bits per heavy atom. The van der Waals surface area contributed by atoms with Crippen molar-refractivity contribution in [2.24, 2.45) is 0 Å². The zero-order valence-electron chi connectivity index (χ0n) is 18.2. The van der Waals surface area contributed by atoms with Crippen molar-refractivity contribution in [3.63, 3.8) is 0 Å². The van der Waals surface area contributed by atoms with Gasteiger partial charge in [0.15, 0.2) is 0 Å². The molecular formula is C29H28NP. The molecule has 0 bridgehead atoms. The van der Waals surface area contributed by atoms with Gasteiger partial charge in [-0.15, -0.1) is 0 Å². The molecule has 0 unspecified atom stereocenters. The molecule has 3 aromatic carbocycles. The monoisotopic (exact) mass is 421 g/mol. The molecule has 0 spiro atoms. The first-order valence-electron chi connectivity index (χ1n) is 10.6. The summed E-state index contributed by atoms with van der Waals surface area (Å²) in [6.07, 6.45) is 7.65. The highest BCUT2D eigenvalue weighted by atomic mass is 31.1. The number of aromatic nitrogens is 1. The Kier molecular flexibility index (Phi) is 6.65. The molecule has 1 heterocycles. The highest BCUT2D eigenvalue weighted by Gasteiger charge is 2.15. The second kappa shape index (κ2) is 9.77. The summed E-state index contributed by atoms with van der Waals surface area (Å²) < 4.78 is 2.20. The van der Waals surface area contributed by atoms with Crippen LogP contribution in [-0.4, -0.2) is 10.7 Å². The normalized spacial score (nSPS) is 11.6. The highest BCUT2D eigenvalue weighted by molar-refractivity contribution is 7.73. The summed E-state index contributed by atoms with van der Waals surface area (Å²) in [6.45, 7) is 8.53. The van der Waals surface area contributed by atoms with Gasteiger partial charge in [-0.3, -0.25) is 0 Å². The second-order valence-corrected chi connectivity index (χ2v) is 10.00. The van der Waals surface area contributed by atoms with E-state index < -0.39 is 7.92 Å². The van der Waals surface area contributed by atoms with Gasteiger partial charge in [0.1, 0.15) is 0 Å². The average molecular weight is 422 g/mol. The topological polar surface area (TPSA) is 4.93 Å². The van der Waals surface area contributed by atoms with Gasteiger partial charge >= 0.3 is 0 Å². The van der Waals surface area contributed by atoms with Crippen molar-refractivity contribution in [1.82, 2.24) is 4.57 Å². The smallest absolute Gasteiger partial charge is 0.0599 e. The van der Waals surface area contributed by atoms with Crippen LogP contribution in [0.5, 0.6) is 0 Å². The van der Waals surface area contributed by atoms with Gasteiger partial charge in [-0.05, 0) is 61.8 Å². The van der Waals surface area contributed by atoms with Gasteiger partial charge in [-0.1, -0.05) is 91.5 Å². The minimum absolute atomic E-state index is 0.449. The molecular weight excluding hydrogens is 393 g/mol. The van der Waals surface area contributed by atoms with E-state index in [0.29, 0.717) is 0 Å². The average Bonchev–Trinajstić information content (AvgIpc) is 3.34. The van der Waals surface area contributed by atoms with Crippen molar-refractivity contribution in [2.75, 3.05) is 6.16 Å². The van der Waals surface area contributed by atoms with E-state index in [1.807, 2.05) is 0 Å². The van der Waals surface area contributed by atoms with Crippen molar-refractivity contribution < 1.29 is 0 Å². The van der Waals surface area contributed by atoms with E-state index in [0.717, 1.165) is 11.7 Å². The Labute approximate surface area is 187 Å². The summed E-state index contributed by atoms with van der Waals surface area (Å²) in [4.78, 5) is 0. The van der Waals surface area contributed by atoms with Gasteiger partial charge in [-0.2, -0.15) is 0 Å². The maximum atomic E-state index is 4.22. The van der Waals surface area contributed by atoms with Crippen molar-refractivity contribution in [2.45, 2.75) is 13.8 Å². The maximum Gasteiger partial charge on any atom is 0.0599 e. The van der Waals surface area contributed by atoms with Gasteiger partial charge < -0.3 is 4.57 Å². The zero-order valence-corrected chi connectivity index (χ0v) is 19.1. The highest BCUT2D eigenvalue weighted by Crippen LogP contribution is 2.36. The number of allylic oxidation sites excluding steroid dienone is 3. The van der Waals surface area contributed by atoms with E-state index in [9.17, 15) is 0 Å². The number of hydrogen-bond acceptors (Lipinski definition) is 0. The Morgan fingerprint density at radius 1 is 0.742 bits per heavy atom. The second-order valence-electron chi connectivity index (χ2n) is 7.74. The molecule has 31 heavy (non-hydrogen) atoms. The lowest BCUT2D eigenvalue weighted by Crippen LogP contribution is -2.13. The van der Waals surface area contributed by atoms with E-state index in [-0.39, 0.29) is 0 Å². The molecule has 0 aliphatic heterocycles. The van der Waals surface area contributed by atoms with Gasteiger partial charge in [0.25, 0.3) is 0 Å². The van der Waals surface area contributed by atoms with E-state index >= 15 is 0 Å². The van der Waals surface area contributed by atoms with Crippen LogP contribution in [0, 0.1) is 0 Å². The molecule has 1 nitrogen and oxygen atoms in total. The molecule has 154 valence electrons. The fourth-order valence-corrected chi connectivity index (χ4v) is 6.12. The largest absolute Gasteiger partial charge is 0.323 e. The van der Waals surface area contributed by atoms with Crippen LogP contribution >= 0.6 is 7.92 Å². The number of benzene rings is 3. The number of rotatable bonds is 7. The van der Waals surface area contributed by atoms with E-state index in [1.54, 1.807) is 0 Å². The molecule has 2 heteroatoms. The Hall–Kier alpha value is -3.15. The summed E-state index contributed by atoms with van der Waals surface area (Å²) in [6, 6.07) is 32.5. The third-order valence-electron chi connectivity index (χ3n) is 5.50. The van der Waals surface area contributed by atoms with Crippen LogP contribution in [0.2, 0.25) is 0 Å². The van der Waals surface area contributed by atoms with Crippen LogP contribution in [0.15, 0.2) is 116 Å². The first kappa shape index (κ1) is 21.1. The molecule has 0 radical (unpaired) electrons. The number of hydrogen-bond donors (Lipinski definition) is 0.